The van der Waals surface area contributed by atoms with Crippen LogP contribution in [0.2, 0.25) is 0 Å². The Morgan fingerprint density at radius 3 is 1.18 bits per heavy atom. The number of aryl methyl sites for hydroxylation is 2. The Hall–Kier alpha value is -1.70. The van der Waals surface area contributed by atoms with Gasteiger partial charge in [0, 0.05) is 24.8 Å². The van der Waals surface area contributed by atoms with Crippen molar-refractivity contribution in [1.29, 1.82) is 0 Å². The molecule has 0 aromatic carbocycles. The molecule has 0 saturated carbocycles. The molecule has 0 saturated heterocycles. The molecule has 0 spiro atoms. The Morgan fingerprint density at radius 2 is 1.00 bits per heavy atom. The van der Waals surface area contributed by atoms with Crippen LogP contribution < -0.4 is 0 Å². The third-order valence-electron chi connectivity index (χ3n) is 2.32. The summed E-state index contributed by atoms with van der Waals surface area (Å²) in [4.78, 5) is 7.79. The summed E-state index contributed by atoms with van der Waals surface area (Å²) in [5.74, 6) is 0. The lowest BCUT2D eigenvalue weighted by Crippen LogP contribution is -1.76. The van der Waals surface area contributed by atoms with Crippen molar-refractivity contribution < 1.29 is 0 Å². The van der Waals surface area contributed by atoms with Crippen LogP contribution >= 0.6 is 0 Å². The Balaban J connectivity index is 0.000000284. The molecule has 92 valence electrons. The van der Waals surface area contributed by atoms with Crippen LogP contribution in [0.1, 0.15) is 32.4 Å². The highest BCUT2D eigenvalue weighted by Gasteiger charge is 1.81. The molecule has 0 aliphatic rings. The van der Waals surface area contributed by atoms with Crippen LogP contribution in [0.5, 0.6) is 0 Å². The maximum absolute atomic E-state index is 3.89. The summed E-state index contributed by atoms with van der Waals surface area (Å²) in [7, 11) is 0. The topological polar surface area (TPSA) is 25.8 Å². The first-order valence-corrected chi connectivity index (χ1v) is 5.64. The highest BCUT2D eigenvalue weighted by Crippen LogP contribution is 1.95. The number of aromatic nitrogens is 2. The molecule has 0 aliphatic heterocycles. The van der Waals surface area contributed by atoms with Crippen molar-refractivity contribution in [3.63, 3.8) is 0 Å². The van der Waals surface area contributed by atoms with Crippen molar-refractivity contribution in [1.82, 2.24) is 9.97 Å². The largest absolute Gasteiger partial charge is 0.265 e. The van der Waals surface area contributed by atoms with E-state index in [1.807, 2.05) is 49.1 Å². The summed E-state index contributed by atoms with van der Waals surface area (Å²) >= 11 is 0. The first-order chi connectivity index (χ1) is 7.86. The number of pyridine rings is 2. The molecule has 2 heteroatoms. The highest BCUT2D eigenvalue weighted by molar-refractivity contribution is 5.09. The molecular weight excluding hydrogens is 208 g/mol. The van der Waals surface area contributed by atoms with Crippen molar-refractivity contribution in [2.24, 2.45) is 0 Å². The van der Waals surface area contributed by atoms with Gasteiger partial charge in [0.25, 0.3) is 0 Å². The summed E-state index contributed by atoms with van der Waals surface area (Å²) < 4.78 is 0. The van der Waals surface area contributed by atoms with E-state index in [0.717, 1.165) is 12.8 Å². The Kier molecular flexibility index (Phi) is 8.57. The first kappa shape index (κ1) is 15.3. The van der Waals surface area contributed by atoms with Gasteiger partial charge in [0.1, 0.15) is 0 Å². The van der Waals surface area contributed by atoms with E-state index in [9.17, 15) is 0 Å². The minimum absolute atomic E-state index is 0. The molecule has 0 bridgehead atoms. The molecule has 2 aromatic heterocycles. The fourth-order valence-corrected chi connectivity index (χ4v) is 1.24. The van der Waals surface area contributed by atoms with Gasteiger partial charge in [-0.3, -0.25) is 9.97 Å². The first-order valence-electron chi connectivity index (χ1n) is 5.64. The molecule has 2 nitrogen and oxygen atoms in total. The van der Waals surface area contributed by atoms with E-state index in [0.29, 0.717) is 0 Å². The zero-order chi connectivity index (χ0) is 11.6. The van der Waals surface area contributed by atoms with Crippen molar-refractivity contribution in [2.45, 2.75) is 34.1 Å². The van der Waals surface area contributed by atoms with E-state index in [1.54, 1.807) is 0 Å². The van der Waals surface area contributed by atoms with Gasteiger partial charge >= 0.3 is 0 Å². The van der Waals surface area contributed by atoms with Crippen LogP contribution in [-0.4, -0.2) is 9.97 Å². The van der Waals surface area contributed by atoms with E-state index < -0.39 is 0 Å². The second-order valence-corrected chi connectivity index (χ2v) is 3.42. The summed E-state index contributed by atoms with van der Waals surface area (Å²) in [5.41, 5.74) is 2.69. The fraction of sp³-hybridized carbons (Fsp3) is 0.333. The SMILES string of the molecule is C.CCc1ccncc1.CCc1ccncc1. The third kappa shape index (κ3) is 6.46. The van der Waals surface area contributed by atoms with Gasteiger partial charge in [0.15, 0.2) is 0 Å². The Bertz CT molecular complexity index is 331. The normalized spacial score (nSPS) is 8.59. The summed E-state index contributed by atoms with van der Waals surface area (Å²) in [6.07, 6.45) is 9.47. The molecule has 0 N–H and O–H groups in total. The summed E-state index contributed by atoms with van der Waals surface area (Å²) in [5, 5.41) is 0. The van der Waals surface area contributed by atoms with E-state index in [4.69, 9.17) is 0 Å². The zero-order valence-corrected chi connectivity index (χ0v) is 9.93. The van der Waals surface area contributed by atoms with Crippen molar-refractivity contribution in [3.05, 3.63) is 60.2 Å². The van der Waals surface area contributed by atoms with Gasteiger partial charge < -0.3 is 0 Å². The maximum Gasteiger partial charge on any atom is 0.0270 e. The monoisotopic (exact) mass is 230 g/mol. The van der Waals surface area contributed by atoms with E-state index in [1.165, 1.54) is 11.1 Å². The number of nitrogens with zero attached hydrogens (tertiary/aromatic N) is 2. The Labute approximate surface area is 105 Å². The quantitative estimate of drug-likeness (QED) is 0.781. The van der Waals surface area contributed by atoms with Crippen LogP contribution in [0.3, 0.4) is 0 Å². The molecular formula is C15H22N2. The van der Waals surface area contributed by atoms with Crippen molar-refractivity contribution in [3.8, 4) is 0 Å². The van der Waals surface area contributed by atoms with Crippen LogP contribution in [0.25, 0.3) is 0 Å². The van der Waals surface area contributed by atoms with E-state index in [2.05, 4.69) is 23.8 Å². The average molecular weight is 230 g/mol. The molecule has 0 fully saturated rings. The lowest BCUT2D eigenvalue weighted by molar-refractivity contribution is 1.12. The van der Waals surface area contributed by atoms with Crippen LogP contribution in [0.4, 0.5) is 0 Å². The lowest BCUT2D eigenvalue weighted by atomic mass is 10.2. The summed E-state index contributed by atoms with van der Waals surface area (Å²) in [6.45, 7) is 4.27. The van der Waals surface area contributed by atoms with Crippen molar-refractivity contribution in [2.75, 3.05) is 0 Å². The van der Waals surface area contributed by atoms with Gasteiger partial charge in [0.2, 0.25) is 0 Å². The van der Waals surface area contributed by atoms with Crippen LogP contribution in [0.15, 0.2) is 49.1 Å². The molecule has 0 radical (unpaired) electrons. The van der Waals surface area contributed by atoms with E-state index >= 15 is 0 Å². The van der Waals surface area contributed by atoms with Gasteiger partial charge in [-0.2, -0.15) is 0 Å². The van der Waals surface area contributed by atoms with Gasteiger partial charge in [-0.25, -0.2) is 0 Å². The maximum atomic E-state index is 3.89. The molecule has 0 atom stereocenters. The predicted molar refractivity (Wildman–Crippen MR) is 74.0 cm³/mol. The van der Waals surface area contributed by atoms with Gasteiger partial charge in [-0.15, -0.1) is 0 Å². The summed E-state index contributed by atoms with van der Waals surface area (Å²) in [6, 6.07) is 8.11. The molecule has 0 amide bonds. The predicted octanol–water partition coefficient (Wildman–Crippen LogP) is 3.92. The van der Waals surface area contributed by atoms with Gasteiger partial charge in [-0.05, 0) is 48.2 Å². The molecule has 0 unspecified atom stereocenters. The number of rotatable bonds is 2. The Morgan fingerprint density at radius 1 is 0.706 bits per heavy atom. The van der Waals surface area contributed by atoms with E-state index in [-0.39, 0.29) is 7.43 Å². The molecule has 2 heterocycles. The molecule has 17 heavy (non-hydrogen) atoms. The smallest absolute Gasteiger partial charge is 0.0270 e. The van der Waals surface area contributed by atoms with Crippen LogP contribution in [-0.2, 0) is 12.8 Å². The van der Waals surface area contributed by atoms with Crippen LogP contribution in [0, 0.1) is 0 Å². The molecule has 2 aromatic rings. The number of hydrogen-bond acceptors (Lipinski definition) is 2. The van der Waals surface area contributed by atoms with Gasteiger partial charge in [-0.1, -0.05) is 21.3 Å². The molecule has 0 aliphatic carbocycles. The minimum Gasteiger partial charge on any atom is -0.265 e. The average Bonchev–Trinajstić information content (AvgIpc) is 2.41. The second kappa shape index (κ2) is 9.52. The standard InChI is InChI=1S/2C7H9N.CH4/c2*1-2-7-3-5-8-6-4-7;/h2*3-6H,2H2,1H3;1H4. The fourth-order valence-electron chi connectivity index (χ4n) is 1.24. The van der Waals surface area contributed by atoms with Crippen molar-refractivity contribution >= 4 is 0 Å². The van der Waals surface area contributed by atoms with Gasteiger partial charge in [0.05, 0.1) is 0 Å². The third-order valence-corrected chi connectivity index (χ3v) is 2.32. The lowest BCUT2D eigenvalue weighted by Gasteiger charge is -1.89. The highest BCUT2D eigenvalue weighted by atomic mass is 14.6. The second-order valence-electron chi connectivity index (χ2n) is 3.42. The minimum atomic E-state index is 0. The number of hydrogen-bond donors (Lipinski definition) is 0. The molecule has 2 rings (SSSR count). The zero-order valence-electron chi connectivity index (χ0n) is 9.93.